The molecule has 0 saturated carbocycles. The molecule has 0 saturated heterocycles. The van der Waals surface area contributed by atoms with E-state index >= 15 is 0 Å². The Balaban J connectivity index is 1.75. The number of nitrogens with one attached hydrogen (secondary N) is 1. The maximum atomic E-state index is 3.23. The molecule has 1 N–H and O–H groups in total. The van der Waals surface area contributed by atoms with Crippen LogP contribution in [0.4, 0.5) is 0 Å². The molecule has 2 unspecified atom stereocenters. The molecule has 1 aromatic heterocycles. The second-order valence-electron chi connectivity index (χ2n) is 8.45. The van der Waals surface area contributed by atoms with Crippen LogP contribution >= 0.6 is 0 Å². The third kappa shape index (κ3) is 8.63. The van der Waals surface area contributed by atoms with Crippen LogP contribution < -0.4 is 4.57 Å². The van der Waals surface area contributed by atoms with E-state index in [-0.39, 0.29) is 0 Å². The van der Waals surface area contributed by atoms with E-state index in [4.69, 9.17) is 0 Å². The van der Waals surface area contributed by atoms with Crippen LogP contribution in [-0.4, -0.2) is 4.98 Å². The van der Waals surface area contributed by atoms with Gasteiger partial charge in [0.25, 0.3) is 0 Å². The molecule has 2 rings (SSSR count). The first-order valence-corrected chi connectivity index (χ1v) is 11.9. The first-order valence-electron chi connectivity index (χ1n) is 11.9. The van der Waals surface area contributed by atoms with Crippen molar-refractivity contribution in [2.24, 2.45) is 5.92 Å². The zero-order chi connectivity index (χ0) is 19.9. The predicted octanol–water partition coefficient (Wildman–Crippen LogP) is 7.42. The van der Waals surface area contributed by atoms with Crippen LogP contribution in [0.25, 0.3) is 0 Å². The lowest BCUT2D eigenvalue weighted by Gasteiger charge is -2.24. The highest BCUT2D eigenvalue weighted by molar-refractivity contribution is 5.15. The van der Waals surface area contributed by atoms with Crippen LogP contribution in [0.3, 0.4) is 0 Å². The van der Waals surface area contributed by atoms with Crippen LogP contribution in [0.15, 0.2) is 49.1 Å². The van der Waals surface area contributed by atoms with Gasteiger partial charge in [-0.1, -0.05) is 108 Å². The maximum Gasteiger partial charge on any atom is 0.241 e. The van der Waals surface area contributed by atoms with Gasteiger partial charge in [0.2, 0.25) is 6.33 Å². The molecule has 2 aromatic rings. The van der Waals surface area contributed by atoms with Crippen LogP contribution in [0.5, 0.6) is 0 Å². The van der Waals surface area contributed by atoms with E-state index in [1.165, 1.54) is 89.0 Å². The van der Waals surface area contributed by atoms with Gasteiger partial charge >= 0.3 is 0 Å². The monoisotopic (exact) mass is 383 g/mol. The topological polar surface area (TPSA) is 19.7 Å². The smallest absolute Gasteiger partial charge is 0.241 e. The van der Waals surface area contributed by atoms with Crippen molar-refractivity contribution in [3.05, 3.63) is 54.6 Å². The highest BCUT2D eigenvalue weighted by atomic mass is 15.1. The largest absolute Gasteiger partial charge is 0.250 e. The summed E-state index contributed by atoms with van der Waals surface area (Å²) in [6.07, 6.45) is 24.2. The molecule has 156 valence electrons. The van der Waals surface area contributed by atoms with E-state index < -0.39 is 0 Å². The van der Waals surface area contributed by atoms with E-state index in [9.17, 15) is 0 Å². The van der Waals surface area contributed by atoms with Crippen molar-refractivity contribution >= 4 is 0 Å². The summed E-state index contributed by atoms with van der Waals surface area (Å²) in [6.45, 7) is 4.63. The minimum atomic E-state index is 0.588. The Morgan fingerprint density at radius 3 is 2.04 bits per heavy atom. The first kappa shape index (κ1) is 22.7. The average molecular weight is 384 g/mol. The molecule has 0 amide bonds. The SMILES string of the molecule is CCCCCCCCCCCCC(Cc1ccccc1)C(CC)[n+]1cc[nH]c1. The number of imidazole rings is 1. The van der Waals surface area contributed by atoms with Crippen molar-refractivity contribution in [1.82, 2.24) is 4.98 Å². The van der Waals surface area contributed by atoms with E-state index in [1.54, 1.807) is 0 Å². The average Bonchev–Trinajstić information content (AvgIpc) is 3.25. The van der Waals surface area contributed by atoms with Gasteiger partial charge in [-0.15, -0.1) is 0 Å². The van der Waals surface area contributed by atoms with E-state index in [2.05, 4.69) is 66.3 Å². The normalized spacial score (nSPS) is 13.5. The summed E-state index contributed by atoms with van der Waals surface area (Å²) in [7, 11) is 0. The van der Waals surface area contributed by atoms with Crippen molar-refractivity contribution in [2.75, 3.05) is 0 Å². The van der Waals surface area contributed by atoms with Gasteiger partial charge in [0.05, 0.1) is 0 Å². The van der Waals surface area contributed by atoms with Crippen LogP contribution in [0, 0.1) is 5.92 Å². The van der Waals surface area contributed by atoms with Gasteiger partial charge < -0.3 is 0 Å². The number of nitrogens with zero attached hydrogens (tertiary/aromatic N) is 1. The Bertz CT molecular complexity index is 576. The fourth-order valence-corrected chi connectivity index (χ4v) is 4.54. The summed E-state index contributed by atoms with van der Waals surface area (Å²) in [6, 6.07) is 11.7. The third-order valence-corrected chi connectivity index (χ3v) is 6.18. The molecule has 2 heteroatoms. The van der Waals surface area contributed by atoms with Gasteiger partial charge in [-0.25, -0.2) is 4.57 Å². The quantitative estimate of drug-likeness (QED) is 0.230. The molecule has 0 bridgehead atoms. The van der Waals surface area contributed by atoms with E-state index in [1.807, 2.05) is 6.20 Å². The summed E-state index contributed by atoms with van der Waals surface area (Å²) in [5, 5.41) is 0. The number of rotatable bonds is 16. The molecule has 0 spiro atoms. The predicted molar refractivity (Wildman–Crippen MR) is 120 cm³/mol. The molecular weight excluding hydrogens is 340 g/mol. The first-order chi connectivity index (χ1) is 13.8. The number of unbranched alkanes of at least 4 members (excludes halogenated alkanes) is 9. The molecule has 2 atom stereocenters. The van der Waals surface area contributed by atoms with Gasteiger partial charge in [0, 0.05) is 5.92 Å². The highest BCUT2D eigenvalue weighted by Gasteiger charge is 2.25. The highest BCUT2D eigenvalue weighted by Crippen LogP contribution is 2.27. The lowest BCUT2D eigenvalue weighted by molar-refractivity contribution is -0.729. The van der Waals surface area contributed by atoms with Crippen LogP contribution in [0.1, 0.15) is 103 Å². The molecule has 0 aliphatic heterocycles. The number of H-pyrrole nitrogens is 1. The number of aromatic nitrogens is 2. The summed E-state index contributed by atoms with van der Waals surface area (Å²) in [5.74, 6) is 0.710. The molecule has 2 nitrogen and oxygen atoms in total. The number of hydrogen-bond acceptors (Lipinski definition) is 0. The summed E-state index contributed by atoms with van der Waals surface area (Å²) in [4.78, 5) is 3.23. The Kier molecular flexibility index (Phi) is 11.7. The number of benzene rings is 1. The number of aromatic amines is 1. The third-order valence-electron chi connectivity index (χ3n) is 6.18. The molecule has 28 heavy (non-hydrogen) atoms. The van der Waals surface area contributed by atoms with Gasteiger partial charge in [-0.2, -0.15) is 0 Å². The summed E-state index contributed by atoms with van der Waals surface area (Å²) < 4.78 is 2.39. The van der Waals surface area contributed by atoms with E-state index in [0.29, 0.717) is 12.0 Å². The van der Waals surface area contributed by atoms with Gasteiger partial charge in [-0.3, -0.25) is 4.98 Å². The van der Waals surface area contributed by atoms with E-state index in [0.717, 1.165) is 0 Å². The Labute approximate surface area is 173 Å². The van der Waals surface area contributed by atoms with Crippen LogP contribution in [0.2, 0.25) is 0 Å². The summed E-state index contributed by atoms with van der Waals surface area (Å²) >= 11 is 0. The molecule has 1 heterocycles. The van der Waals surface area contributed by atoms with Crippen molar-refractivity contribution in [3.8, 4) is 0 Å². The number of hydrogen-bond donors (Lipinski definition) is 1. The van der Waals surface area contributed by atoms with Crippen molar-refractivity contribution in [2.45, 2.75) is 103 Å². The second kappa shape index (κ2) is 14.4. The Morgan fingerprint density at radius 2 is 1.46 bits per heavy atom. The van der Waals surface area contributed by atoms with Crippen molar-refractivity contribution < 1.29 is 4.57 Å². The molecule has 0 aliphatic carbocycles. The minimum absolute atomic E-state index is 0.588. The lowest BCUT2D eigenvalue weighted by Crippen LogP contribution is -2.42. The lowest BCUT2D eigenvalue weighted by atomic mass is 9.86. The van der Waals surface area contributed by atoms with Gasteiger partial charge in [-0.05, 0) is 24.8 Å². The van der Waals surface area contributed by atoms with Crippen molar-refractivity contribution in [3.63, 3.8) is 0 Å². The minimum Gasteiger partial charge on any atom is -0.250 e. The zero-order valence-corrected chi connectivity index (χ0v) is 18.4. The molecular formula is C26H43N2+. The molecule has 0 radical (unpaired) electrons. The summed E-state index contributed by atoms with van der Waals surface area (Å²) in [5.41, 5.74) is 1.48. The Morgan fingerprint density at radius 1 is 0.821 bits per heavy atom. The zero-order valence-electron chi connectivity index (χ0n) is 18.4. The van der Waals surface area contributed by atoms with Crippen molar-refractivity contribution in [1.29, 1.82) is 0 Å². The second-order valence-corrected chi connectivity index (χ2v) is 8.45. The van der Waals surface area contributed by atoms with Crippen LogP contribution in [-0.2, 0) is 6.42 Å². The van der Waals surface area contributed by atoms with Gasteiger partial charge in [0.15, 0.2) is 0 Å². The molecule has 0 fully saturated rings. The maximum absolute atomic E-state index is 3.23. The fourth-order valence-electron chi connectivity index (χ4n) is 4.54. The van der Waals surface area contributed by atoms with Gasteiger partial charge in [0.1, 0.15) is 18.4 Å². The standard InChI is InChI=1S/C26H42N2/c1-3-5-6-7-8-9-10-11-12-16-19-25(22-24-17-14-13-15-18-24)26(4-2)28-21-20-27-23-28/h13-15,17-18,20-21,23,25-26H,3-12,16,19,22H2,1-2H3/p+1. The fraction of sp³-hybridized carbons (Fsp3) is 0.654. The Hall–Kier alpha value is -1.57. The molecule has 1 aromatic carbocycles. The molecule has 0 aliphatic rings.